The minimum atomic E-state index is -0.402. The summed E-state index contributed by atoms with van der Waals surface area (Å²) in [7, 11) is 0. The van der Waals surface area contributed by atoms with Crippen molar-refractivity contribution in [3.63, 3.8) is 0 Å². The van der Waals surface area contributed by atoms with Gasteiger partial charge >= 0.3 is 0 Å². The second-order valence-corrected chi connectivity index (χ2v) is 5.78. The summed E-state index contributed by atoms with van der Waals surface area (Å²) >= 11 is 5.91. The van der Waals surface area contributed by atoms with Crippen LogP contribution in [0.5, 0.6) is 0 Å². The number of oxime groups is 1. The summed E-state index contributed by atoms with van der Waals surface area (Å²) in [6, 6.07) is 5.02. The lowest BCUT2D eigenvalue weighted by molar-refractivity contribution is 0.123. The minimum Gasteiger partial charge on any atom is -0.389 e. The Morgan fingerprint density at radius 3 is 3.05 bits per heavy atom. The predicted octanol–water partition coefficient (Wildman–Crippen LogP) is 3.14. The topological polar surface area (TPSA) is 50.8 Å². The van der Waals surface area contributed by atoms with E-state index in [0.717, 1.165) is 6.54 Å². The van der Waals surface area contributed by atoms with Crippen LogP contribution in [0.2, 0.25) is 5.02 Å². The number of amidine groups is 1. The highest BCUT2D eigenvalue weighted by Gasteiger charge is 2.18. The zero-order valence-corrected chi connectivity index (χ0v) is 12.9. The summed E-state index contributed by atoms with van der Waals surface area (Å²) in [4.78, 5) is 7.41. The molecule has 2 rings (SSSR count). The monoisotopic (exact) mass is 313 g/mol. The van der Waals surface area contributed by atoms with Gasteiger partial charge < -0.3 is 10.6 Å². The zero-order valence-electron chi connectivity index (χ0n) is 12.2. The Morgan fingerprint density at radius 2 is 2.33 bits per heavy atom. The molecular formula is C15H21ClFN3O. The first-order valence-corrected chi connectivity index (χ1v) is 7.57. The molecule has 4 nitrogen and oxygen atoms in total. The molecule has 1 fully saturated rings. The van der Waals surface area contributed by atoms with E-state index in [0.29, 0.717) is 29.0 Å². The van der Waals surface area contributed by atoms with Crippen molar-refractivity contribution in [3.8, 4) is 0 Å². The number of rotatable bonds is 5. The summed E-state index contributed by atoms with van der Waals surface area (Å²) in [5, 5.41) is 4.18. The maximum Gasteiger partial charge on any atom is 0.153 e. The van der Waals surface area contributed by atoms with Crippen LogP contribution in [0.1, 0.15) is 31.7 Å². The van der Waals surface area contributed by atoms with Crippen LogP contribution in [0.15, 0.2) is 23.4 Å². The molecule has 0 aliphatic carbocycles. The van der Waals surface area contributed by atoms with Crippen molar-refractivity contribution >= 4 is 17.4 Å². The average molecular weight is 314 g/mol. The smallest absolute Gasteiger partial charge is 0.153 e. The van der Waals surface area contributed by atoms with Gasteiger partial charge in [0.25, 0.3) is 0 Å². The molecule has 1 saturated heterocycles. The molecule has 1 unspecified atom stereocenters. The Labute approximate surface area is 129 Å². The standard InChI is InChI=1S/C15H21ClFN3O/c1-11-5-2-3-8-20(11)9-15(18)19-21-10-12-13(16)6-4-7-14(12)17/h4,6-7,11H,2-3,5,8-10H2,1H3,(H2,18,19). The summed E-state index contributed by atoms with van der Waals surface area (Å²) in [6.07, 6.45) is 3.62. The first-order valence-electron chi connectivity index (χ1n) is 7.19. The van der Waals surface area contributed by atoms with E-state index >= 15 is 0 Å². The zero-order chi connectivity index (χ0) is 15.2. The Kier molecular flexibility index (Phi) is 5.82. The second-order valence-electron chi connectivity index (χ2n) is 5.37. The van der Waals surface area contributed by atoms with Crippen molar-refractivity contribution in [1.82, 2.24) is 4.90 Å². The predicted molar refractivity (Wildman–Crippen MR) is 82.7 cm³/mol. The van der Waals surface area contributed by atoms with E-state index in [9.17, 15) is 4.39 Å². The molecule has 0 aromatic heterocycles. The van der Waals surface area contributed by atoms with Crippen molar-refractivity contribution in [1.29, 1.82) is 0 Å². The van der Waals surface area contributed by atoms with Gasteiger partial charge in [-0.15, -0.1) is 0 Å². The van der Waals surface area contributed by atoms with Crippen molar-refractivity contribution < 1.29 is 9.23 Å². The number of hydrogen-bond acceptors (Lipinski definition) is 3. The van der Waals surface area contributed by atoms with Gasteiger partial charge in [-0.25, -0.2) is 4.39 Å². The lowest BCUT2D eigenvalue weighted by Gasteiger charge is -2.32. The van der Waals surface area contributed by atoms with Crippen LogP contribution >= 0.6 is 11.6 Å². The van der Waals surface area contributed by atoms with Crippen molar-refractivity contribution in [2.24, 2.45) is 10.9 Å². The van der Waals surface area contributed by atoms with Gasteiger partial charge in [-0.05, 0) is 38.4 Å². The number of hydrogen-bond donors (Lipinski definition) is 1. The molecule has 1 aromatic carbocycles. The lowest BCUT2D eigenvalue weighted by Crippen LogP contribution is -2.42. The SMILES string of the molecule is CC1CCCCN1CC(N)=NOCc1c(F)cccc1Cl. The third kappa shape index (κ3) is 4.58. The van der Waals surface area contributed by atoms with Gasteiger partial charge in [-0.2, -0.15) is 0 Å². The van der Waals surface area contributed by atoms with Crippen LogP contribution in [0.25, 0.3) is 0 Å². The Bertz CT molecular complexity index is 489. The molecule has 116 valence electrons. The van der Waals surface area contributed by atoms with E-state index in [1.165, 1.54) is 25.3 Å². The molecule has 0 amide bonds. The Hall–Kier alpha value is -1.33. The molecule has 2 N–H and O–H groups in total. The fraction of sp³-hybridized carbons (Fsp3) is 0.533. The highest BCUT2D eigenvalue weighted by molar-refractivity contribution is 6.31. The van der Waals surface area contributed by atoms with Gasteiger partial charge in [0.2, 0.25) is 0 Å². The molecule has 1 aliphatic heterocycles. The number of nitrogens with zero attached hydrogens (tertiary/aromatic N) is 2. The number of benzene rings is 1. The molecule has 1 atom stereocenters. The molecule has 0 bridgehead atoms. The van der Waals surface area contributed by atoms with E-state index < -0.39 is 5.82 Å². The fourth-order valence-corrected chi connectivity index (χ4v) is 2.70. The van der Waals surface area contributed by atoms with E-state index in [4.69, 9.17) is 22.2 Å². The van der Waals surface area contributed by atoms with Gasteiger partial charge in [-0.1, -0.05) is 29.2 Å². The Morgan fingerprint density at radius 1 is 1.52 bits per heavy atom. The molecule has 1 heterocycles. The molecule has 0 radical (unpaired) electrons. The lowest BCUT2D eigenvalue weighted by atomic mass is 10.0. The summed E-state index contributed by atoms with van der Waals surface area (Å²) in [5.41, 5.74) is 6.16. The van der Waals surface area contributed by atoms with E-state index in [2.05, 4.69) is 17.0 Å². The summed E-state index contributed by atoms with van der Waals surface area (Å²) in [6.45, 7) is 3.76. The van der Waals surface area contributed by atoms with Crippen molar-refractivity contribution in [2.75, 3.05) is 13.1 Å². The first kappa shape index (κ1) is 16.0. The van der Waals surface area contributed by atoms with Gasteiger partial charge in [-0.3, -0.25) is 4.90 Å². The molecule has 1 aromatic rings. The van der Waals surface area contributed by atoms with Gasteiger partial charge in [0, 0.05) is 11.6 Å². The van der Waals surface area contributed by atoms with E-state index in [-0.39, 0.29) is 6.61 Å². The minimum absolute atomic E-state index is 0.0260. The van der Waals surface area contributed by atoms with E-state index in [1.807, 2.05) is 0 Å². The molecule has 0 spiro atoms. The maximum absolute atomic E-state index is 13.5. The highest BCUT2D eigenvalue weighted by atomic mass is 35.5. The van der Waals surface area contributed by atoms with Crippen LogP contribution in [-0.4, -0.2) is 29.9 Å². The number of halogens is 2. The molecular weight excluding hydrogens is 293 g/mol. The van der Waals surface area contributed by atoms with Gasteiger partial charge in [0.05, 0.1) is 11.6 Å². The largest absolute Gasteiger partial charge is 0.389 e. The Balaban J connectivity index is 1.86. The second kappa shape index (κ2) is 7.61. The fourth-order valence-electron chi connectivity index (χ4n) is 2.48. The van der Waals surface area contributed by atoms with Crippen molar-refractivity contribution in [2.45, 2.75) is 38.8 Å². The molecule has 1 aliphatic rings. The maximum atomic E-state index is 13.5. The normalized spacial score (nSPS) is 20.5. The molecule has 6 heteroatoms. The first-order chi connectivity index (χ1) is 10.1. The highest BCUT2D eigenvalue weighted by Crippen LogP contribution is 2.20. The third-order valence-electron chi connectivity index (χ3n) is 3.76. The van der Waals surface area contributed by atoms with Crippen LogP contribution in [-0.2, 0) is 11.4 Å². The van der Waals surface area contributed by atoms with Gasteiger partial charge in [0.1, 0.15) is 12.4 Å². The third-order valence-corrected chi connectivity index (χ3v) is 4.11. The van der Waals surface area contributed by atoms with Crippen LogP contribution < -0.4 is 5.73 Å². The average Bonchev–Trinajstić information content (AvgIpc) is 2.45. The van der Waals surface area contributed by atoms with Gasteiger partial charge in [0.15, 0.2) is 5.84 Å². The van der Waals surface area contributed by atoms with E-state index in [1.54, 1.807) is 12.1 Å². The quantitative estimate of drug-likeness (QED) is 0.516. The molecule has 0 saturated carbocycles. The summed E-state index contributed by atoms with van der Waals surface area (Å²) < 4.78 is 13.5. The molecule has 21 heavy (non-hydrogen) atoms. The van der Waals surface area contributed by atoms with Crippen LogP contribution in [0.4, 0.5) is 4.39 Å². The van der Waals surface area contributed by atoms with Crippen LogP contribution in [0, 0.1) is 5.82 Å². The van der Waals surface area contributed by atoms with Crippen LogP contribution in [0.3, 0.4) is 0 Å². The number of likely N-dealkylation sites (tertiary alicyclic amines) is 1. The number of nitrogens with two attached hydrogens (primary N) is 1. The number of piperidine rings is 1. The summed E-state index contributed by atoms with van der Waals surface area (Å²) in [5.74, 6) is -0.00265. The van der Waals surface area contributed by atoms with Crippen molar-refractivity contribution in [3.05, 3.63) is 34.6 Å².